The Hall–Kier alpha value is -6.92. The fraction of sp³-hybridized carbons (Fsp3) is 0.733. The van der Waals surface area contributed by atoms with Crippen LogP contribution in [-0.4, -0.2) is 169 Å². The Kier molecular flexibility index (Phi) is 35.1. The molecule has 27 N–H and O–H groups in total. The lowest BCUT2D eigenvalue weighted by atomic mass is 9.99. The highest BCUT2D eigenvalue weighted by Gasteiger charge is 2.35. The van der Waals surface area contributed by atoms with Crippen molar-refractivity contribution in [1.29, 1.82) is 0 Å². The number of carbonyl (C=O) groups excluding carboxylic acids is 8. The first-order chi connectivity index (χ1) is 35.4. The third-order valence-corrected chi connectivity index (χ3v) is 11.7. The summed E-state index contributed by atoms with van der Waals surface area (Å²) < 4.78 is 0. The number of aliphatic imine (C=N–C) groups is 3. The summed E-state index contributed by atoms with van der Waals surface area (Å²) >= 11 is 0. The summed E-state index contributed by atoms with van der Waals surface area (Å²) in [6.45, 7) is 5.42. The summed E-state index contributed by atoms with van der Waals surface area (Å²) in [5.74, 6) is -8.11. The second kappa shape index (κ2) is 38.6. The Morgan fingerprint density at radius 2 is 0.827 bits per heavy atom. The molecule has 0 aliphatic rings. The van der Waals surface area contributed by atoms with Crippen LogP contribution in [0.3, 0.4) is 0 Å². The Balaban J connectivity index is 7.04. The van der Waals surface area contributed by atoms with Crippen LogP contribution in [0.25, 0.3) is 0 Å². The molecule has 0 aromatic heterocycles. The lowest BCUT2D eigenvalue weighted by Crippen LogP contribution is -2.61. The number of carboxylic acid groups (broad SMARTS) is 1. The summed E-state index contributed by atoms with van der Waals surface area (Å²) in [4.78, 5) is 132. The SMILES string of the molecule is CC[C@H](C)[C@@H](C=O)NC(=O)[C@H](CCCN=C(N)N)NC(=O)[C@H](CCCN=C(N)N)NC(=O)[C@H](CCCN=C(N)N)NC(=O)[C@H](CCCCN)NC(=O)[C@H](CCCCN)NC(=O)[C@@H](NC(=O)[C@@H](N)CCC(=O)O)[C@@H](C)O. The van der Waals surface area contributed by atoms with Gasteiger partial charge in [-0.05, 0) is 109 Å². The summed E-state index contributed by atoms with van der Waals surface area (Å²) in [7, 11) is 0. The largest absolute Gasteiger partial charge is 0.481 e. The van der Waals surface area contributed by atoms with Gasteiger partial charge in [0.25, 0.3) is 0 Å². The van der Waals surface area contributed by atoms with Crippen molar-refractivity contribution in [2.45, 2.75) is 172 Å². The van der Waals surface area contributed by atoms with Gasteiger partial charge in [0.05, 0.1) is 18.2 Å². The van der Waals surface area contributed by atoms with E-state index < -0.39 is 108 Å². The summed E-state index contributed by atoms with van der Waals surface area (Å²) in [6, 6.07) is -10.6. The van der Waals surface area contributed by atoms with Crippen LogP contribution in [0, 0.1) is 5.92 Å². The predicted octanol–water partition coefficient (Wildman–Crippen LogP) is -6.38. The number of nitrogens with two attached hydrogens (primary N) is 9. The van der Waals surface area contributed by atoms with Crippen molar-refractivity contribution in [3.63, 3.8) is 0 Å². The van der Waals surface area contributed by atoms with E-state index in [1.54, 1.807) is 6.92 Å². The molecule has 428 valence electrons. The van der Waals surface area contributed by atoms with Gasteiger partial charge in [-0.25, -0.2) is 0 Å². The van der Waals surface area contributed by atoms with Crippen molar-refractivity contribution in [3.8, 4) is 0 Å². The lowest BCUT2D eigenvalue weighted by Gasteiger charge is -2.28. The molecular formula is C45H87N19O11. The molecule has 0 rings (SSSR count). The number of aldehydes is 1. The minimum Gasteiger partial charge on any atom is -0.481 e. The van der Waals surface area contributed by atoms with E-state index in [0.29, 0.717) is 38.4 Å². The summed E-state index contributed by atoms with van der Waals surface area (Å²) in [5, 5.41) is 37.6. The molecule has 0 saturated heterocycles. The number of amides is 7. The van der Waals surface area contributed by atoms with Crippen LogP contribution in [0.5, 0.6) is 0 Å². The topological polar surface area (TPSA) is 550 Å². The number of carboxylic acids is 1. The molecule has 10 atom stereocenters. The van der Waals surface area contributed by atoms with Crippen molar-refractivity contribution in [2.75, 3.05) is 32.7 Å². The van der Waals surface area contributed by atoms with Crippen LogP contribution in [0.4, 0.5) is 0 Å². The van der Waals surface area contributed by atoms with Crippen molar-refractivity contribution in [3.05, 3.63) is 0 Å². The molecule has 0 spiro atoms. The maximum Gasteiger partial charge on any atom is 0.303 e. The van der Waals surface area contributed by atoms with Gasteiger partial charge >= 0.3 is 5.97 Å². The maximum absolute atomic E-state index is 14.4. The van der Waals surface area contributed by atoms with Crippen LogP contribution in [0.2, 0.25) is 0 Å². The highest BCUT2D eigenvalue weighted by atomic mass is 16.4. The van der Waals surface area contributed by atoms with Gasteiger partial charge in [0.2, 0.25) is 41.4 Å². The number of carbonyl (C=O) groups is 9. The second-order valence-electron chi connectivity index (χ2n) is 18.0. The smallest absolute Gasteiger partial charge is 0.303 e. The minimum absolute atomic E-state index is 0.00831. The molecule has 0 saturated carbocycles. The van der Waals surface area contributed by atoms with E-state index in [4.69, 9.17) is 56.7 Å². The van der Waals surface area contributed by atoms with Gasteiger partial charge in [-0.1, -0.05) is 20.3 Å². The molecule has 0 aliphatic carbocycles. The van der Waals surface area contributed by atoms with Crippen molar-refractivity contribution >= 4 is 71.5 Å². The number of nitrogens with zero attached hydrogens (tertiary/aromatic N) is 3. The third kappa shape index (κ3) is 30.1. The number of aliphatic carboxylic acids is 1. The Morgan fingerprint density at radius 1 is 0.493 bits per heavy atom. The molecule has 30 nitrogen and oxygen atoms in total. The van der Waals surface area contributed by atoms with Gasteiger partial charge in [-0.15, -0.1) is 0 Å². The van der Waals surface area contributed by atoms with Gasteiger partial charge in [0.1, 0.15) is 42.5 Å². The molecule has 0 aromatic rings. The molecule has 0 fully saturated rings. The molecule has 30 heteroatoms. The normalized spacial score (nSPS) is 14.9. The highest BCUT2D eigenvalue weighted by molar-refractivity contribution is 5.97. The fourth-order valence-electron chi connectivity index (χ4n) is 7.10. The second-order valence-corrected chi connectivity index (χ2v) is 18.0. The molecular weight excluding hydrogens is 983 g/mol. The van der Waals surface area contributed by atoms with Crippen LogP contribution in [0.1, 0.15) is 117 Å². The minimum atomic E-state index is -1.64. The number of hydrogen-bond donors (Lipinski definition) is 18. The zero-order chi connectivity index (χ0) is 57.0. The first-order valence-corrected chi connectivity index (χ1v) is 25.2. The number of rotatable bonds is 41. The molecule has 75 heavy (non-hydrogen) atoms. The molecule has 0 aliphatic heterocycles. The number of guanidine groups is 3. The monoisotopic (exact) mass is 1070 g/mol. The molecule has 0 heterocycles. The number of aliphatic hydroxyl groups is 1. The van der Waals surface area contributed by atoms with Crippen molar-refractivity contribution < 1.29 is 53.4 Å². The third-order valence-electron chi connectivity index (χ3n) is 11.7. The van der Waals surface area contributed by atoms with Crippen LogP contribution in [0.15, 0.2) is 15.0 Å². The lowest BCUT2D eigenvalue weighted by molar-refractivity contribution is -0.138. The van der Waals surface area contributed by atoms with Gasteiger partial charge in [0, 0.05) is 26.1 Å². The standard InChI is InChI=1S/C45H87N19O11/c1-4-25(2)33(24-65)63-41(74)32(16-11-23-57-45(53)54)61-40(73)31(15-10-22-56-44(51)52)60-39(72)30(14-9-21-55-43(49)50)59-37(70)28(12-5-7-19-46)58-38(71)29(13-6-8-20-47)62-42(75)35(26(3)66)64-36(69)27(48)17-18-34(67)68/h24-33,35,66H,4-23,46-48H2,1-3H3,(H,58,71)(H,59,70)(H,60,72)(H,61,73)(H,62,75)(H,63,74)(H,64,69)(H,67,68)(H4,49,50,55)(H4,51,52,56)(H4,53,54,57)/t25-,26+,27-,28-,29-,30-,31-,32-,33+,35-/m0/s1. The number of nitrogens with one attached hydrogen (secondary N) is 7. The molecule has 0 unspecified atom stereocenters. The Labute approximate surface area is 437 Å². The van der Waals surface area contributed by atoms with E-state index in [-0.39, 0.29) is 114 Å². The molecule has 0 radical (unpaired) electrons. The van der Waals surface area contributed by atoms with E-state index in [0.717, 1.165) is 0 Å². The van der Waals surface area contributed by atoms with Gasteiger partial charge in [-0.2, -0.15) is 0 Å². The van der Waals surface area contributed by atoms with Crippen LogP contribution in [-0.2, 0) is 43.2 Å². The van der Waals surface area contributed by atoms with Gasteiger partial charge < -0.3 is 104 Å². The maximum atomic E-state index is 14.4. The van der Waals surface area contributed by atoms with Crippen LogP contribution < -0.4 is 88.8 Å². The van der Waals surface area contributed by atoms with Crippen molar-refractivity contribution in [2.24, 2.45) is 72.5 Å². The molecule has 7 amide bonds. The summed E-state index contributed by atoms with van der Waals surface area (Å²) in [6.07, 6.45) is 0.659. The van der Waals surface area contributed by atoms with E-state index in [2.05, 4.69) is 52.2 Å². The fourth-order valence-corrected chi connectivity index (χ4v) is 7.10. The van der Waals surface area contributed by atoms with E-state index in [9.17, 15) is 48.3 Å². The molecule has 0 bridgehead atoms. The summed E-state index contributed by atoms with van der Waals surface area (Å²) in [5.41, 5.74) is 50.3. The van der Waals surface area contributed by atoms with E-state index in [1.165, 1.54) is 6.92 Å². The van der Waals surface area contributed by atoms with E-state index >= 15 is 0 Å². The highest BCUT2D eigenvalue weighted by Crippen LogP contribution is 2.12. The Morgan fingerprint density at radius 3 is 1.12 bits per heavy atom. The quantitative estimate of drug-likeness (QED) is 0.0117. The number of hydrogen-bond acceptors (Lipinski definition) is 16. The zero-order valence-electron chi connectivity index (χ0n) is 43.6. The first-order valence-electron chi connectivity index (χ1n) is 25.2. The van der Waals surface area contributed by atoms with Gasteiger partial charge in [-0.3, -0.25) is 53.3 Å². The number of unbranched alkanes of at least 4 members (excludes halogenated alkanes) is 2. The average molecular weight is 1070 g/mol. The van der Waals surface area contributed by atoms with Crippen molar-refractivity contribution in [1.82, 2.24) is 37.2 Å². The Bertz CT molecular complexity index is 1890. The van der Waals surface area contributed by atoms with Crippen LogP contribution >= 0.6 is 0 Å². The molecule has 0 aromatic carbocycles. The number of aliphatic hydroxyl groups excluding tert-OH is 1. The average Bonchev–Trinajstić information content (AvgIpc) is 3.34. The van der Waals surface area contributed by atoms with E-state index in [1.807, 2.05) is 6.92 Å². The van der Waals surface area contributed by atoms with Gasteiger partial charge in [0.15, 0.2) is 17.9 Å². The predicted molar refractivity (Wildman–Crippen MR) is 281 cm³/mol. The zero-order valence-corrected chi connectivity index (χ0v) is 43.6. The first kappa shape index (κ1) is 68.1.